The molecule has 20 heavy (non-hydrogen) atoms. The van der Waals surface area contributed by atoms with Gasteiger partial charge < -0.3 is 5.32 Å². The van der Waals surface area contributed by atoms with Gasteiger partial charge in [-0.2, -0.15) is 11.8 Å². The second-order valence-electron chi connectivity index (χ2n) is 5.75. The first-order valence-corrected chi connectivity index (χ1v) is 9.55. The first-order chi connectivity index (χ1) is 9.65. The molecule has 5 heteroatoms. The maximum absolute atomic E-state index is 4.82. The number of nitrogens with one attached hydrogen (secondary N) is 1. The average molecular weight is 310 g/mol. The lowest BCUT2D eigenvalue weighted by Gasteiger charge is -2.27. The fourth-order valence-electron chi connectivity index (χ4n) is 2.60. The Labute approximate surface area is 130 Å². The molecule has 1 saturated carbocycles. The van der Waals surface area contributed by atoms with E-state index in [4.69, 9.17) is 9.97 Å². The van der Waals surface area contributed by atoms with Gasteiger partial charge in [-0.25, -0.2) is 9.97 Å². The molecular formula is C15H23N3S2. The van der Waals surface area contributed by atoms with E-state index in [1.54, 1.807) is 0 Å². The Morgan fingerprint density at radius 2 is 1.75 bits per heavy atom. The Bertz CT molecular complexity index is 465. The second kappa shape index (κ2) is 6.24. The number of thioether (sulfide) groups is 2. The third-order valence-corrected chi connectivity index (χ3v) is 7.11. The predicted octanol–water partition coefficient (Wildman–Crippen LogP) is 3.26. The van der Waals surface area contributed by atoms with Crippen LogP contribution in [0, 0.1) is 13.8 Å². The zero-order valence-electron chi connectivity index (χ0n) is 12.5. The van der Waals surface area contributed by atoms with Crippen LogP contribution < -0.4 is 5.32 Å². The molecule has 0 aromatic carbocycles. The van der Waals surface area contributed by atoms with Gasteiger partial charge in [0.05, 0.1) is 5.25 Å². The minimum Gasteiger partial charge on any atom is -0.310 e. The smallest absolute Gasteiger partial charge is 0.142 e. The molecule has 110 valence electrons. The SMILES string of the molecule is Cc1nc(C2SCCSC2C)nc(C)c1CNC1CC1. The van der Waals surface area contributed by atoms with Crippen LogP contribution in [0.3, 0.4) is 0 Å². The zero-order valence-corrected chi connectivity index (χ0v) is 14.1. The lowest BCUT2D eigenvalue weighted by Crippen LogP contribution is -2.22. The lowest BCUT2D eigenvalue weighted by atomic mass is 10.1. The summed E-state index contributed by atoms with van der Waals surface area (Å²) in [6, 6.07) is 0.735. The molecule has 1 aliphatic heterocycles. The van der Waals surface area contributed by atoms with Crippen LogP contribution in [0.1, 0.15) is 47.8 Å². The van der Waals surface area contributed by atoms with Gasteiger partial charge in [-0.1, -0.05) is 6.92 Å². The maximum Gasteiger partial charge on any atom is 0.142 e. The molecule has 0 amide bonds. The Kier molecular flexibility index (Phi) is 4.58. The molecule has 1 N–H and O–H groups in total. The number of hydrogen-bond donors (Lipinski definition) is 1. The van der Waals surface area contributed by atoms with Gasteiger partial charge in [0.15, 0.2) is 0 Å². The molecule has 2 fully saturated rings. The third kappa shape index (κ3) is 3.31. The molecule has 2 heterocycles. The number of aromatic nitrogens is 2. The third-order valence-electron chi connectivity index (χ3n) is 4.03. The molecule has 1 aromatic heterocycles. The highest BCUT2D eigenvalue weighted by molar-refractivity contribution is 8.06. The minimum atomic E-state index is 0.455. The van der Waals surface area contributed by atoms with Crippen molar-refractivity contribution in [3.63, 3.8) is 0 Å². The van der Waals surface area contributed by atoms with Crippen LogP contribution in [0.15, 0.2) is 0 Å². The molecule has 0 bridgehead atoms. The van der Waals surface area contributed by atoms with E-state index in [1.165, 1.54) is 29.9 Å². The van der Waals surface area contributed by atoms with Crippen molar-refractivity contribution in [2.24, 2.45) is 0 Å². The molecular weight excluding hydrogens is 286 g/mol. The van der Waals surface area contributed by atoms with Gasteiger partial charge in [-0.3, -0.25) is 0 Å². The molecule has 0 spiro atoms. The van der Waals surface area contributed by atoms with E-state index in [2.05, 4.69) is 26.1 Å². The van der Waals surface area contributed by atoms with Crippen LogP contribution in [0.4, 0.5) is 0 Å². The topological polar surface area (TPSA) is 37.8 Å². The van der Waals surface area contributed by atoms with Crippen LogP contribution in [0.2, 0.25) is 0 Å². The van der Waals surface area contributed by atoms with E-state index in [0.29, 0.717) is 10.5 Å². The zero-order chi connectivity index (χ0) is 14.1. The van der Waals surface area contributed by atoms with Gasteiger partial charge in [-0.15, -0.1) is 11.8 Å². The van der Waals surface area contributed by atoms with E-state index in [9.17, 15) is 0 Å². The highest BCUT2D eigenvalue weighted by atomic mass is 32.2. The number of nitrogens with zero attached hydrogens (tertiary/aromatic N) is 2. The molecule has 2 aliphatic rings. The highest BCUT2D eigenvalue weighted by Gasteiger charge is 2.27. The summed E-state index contributed by atoms with van der Waals surface area (Å²) < 4.78 is 0. The van der Waals surface area contributed by atoms with Crippen molar-refractivity contribution in [2.45, 2.75) is 56.7 Å². The summed E-state index contributed by atoms with van der Waals surface area (Å²) in [4.78, 5) is 9.64. The molecule has 3 nitrogen and oxygen atoms in total. The van der Waals surface area contributed by atoms with Crippen molar-refractivity contribution >= 4 is 23.5 Å². The summed E-state index contributed by atoms with van der Waals surface area (Å²) in [7, 11) is 0. The van der Waals surface area contributed by atoms with Gasteiger partial charge in [0, 0.05) is 46.3 Å². The van der Waals surface area contributed by atoms with E-state index in [1.807, 2.05) is 23.5 Å². The molecule has 0 radical (unpaired) electrons. The first-order valence-electron chi connectivity index (χ1n) is 7.45. The van der Waals surface area contributed by atoms with Crippen molar-refractivity contribution in [1.82, 2.24) is 15.3 Å². The average Bonchev–Trinajstić information content (AvgIpc) is 3.22. The van der Waals surface area contributed by atoms with Gasteiger partial charge >= 0.3 is 0 Å². The van der Waals surface area contributed by atoms with Crippen LogP contribution in [-0.4, -0.2) is 32.8 Å². The first kappa shape index (κ1) is 14.7. The molecule has 1 aliphatic carbocycles. The summed E-state index contributed by atoms with van der Waals surface area (Å²) in [5.41, 5.74) is 3.61. The normalized spacial score (nSPS) is 26.8. The highest BCUT2D eigenvalue weighted by Crippen LogP contribution is 2.41. The van der Waals surface area contributed by atoms with E-state index in [0.717, 1.165) is 29.8 Å². The summed E-state index contributed by atoms with van der Waals surface area (Å²) in [5, 5.41) is 4.64. The predicted molar refractivity (Wildman–Crippen MR) is 88.5 cm³/mol. The summed E-state index contributed by atoms with van der Waals surface area (Å²) in [6.45, 7) is 7.49. The Morgan fingerprint density at radius 1 is 1.10 bits per heavy atom. The van der Waals surface area contributed by atoms with Gasteiger partial charge in [0.1, 0.15) is 5.82 Å². The van der Waals surface area contributed by atoms with Crippen molar-refractivity contribution in [2.75, 3.05) is 11.5 Å². The van der Waals surface area contributed by atoms with Crippen LogP contribution in [-0.2, 0) is 6.54 Å². The van der Waals surface area contributed by atoms with E-state index >= 15 is 0 Å². The maximum atomic E-state index is 4.82. The largest absolute Gasteiger partial charge is 0.310 e. The van der Waals surface area contributed by atoms with Crippen molar-refractivity contribution in [3.8, 4) is 0 Å². The van der Waals surface area contributed by atoms with Crippen molar-refractivity contribution in [1.29, 1.82) is 0 Å². The quantitative estimate of drug-likeness (QED) is 0.924. The summed E-state index contributed by atoms with van der Waals surface area (Å²) >= 11 is 4.06. The van der Waals surface area contributed by atoms with Crippen LogP contribution in [0.25, 0.3) is 0 Å². The number of aryl methyl sites for hydroxylation is 2. The van der Waals surface area contributed by atoms with E-state index < -0.39 is 0 Å². The minimum absolute atomic E-state index is 0.455. The fourth-order valence-corrected chi connectivity index (χ4v) is 5.29. The Morgan fingerprint density at radius 3 is 2.35 bits per heavy atom. The van der Waals surface area contributed by atoms with Crippen LogP contribution >= 0.6 is 23.5 Å². The van der Waals surface area contributed by atoms with Crippen molar-refractivity contribution in [3.05, 3.63) is 22.8 Å². The summed E-state index contributed by atoms with van der Waals surface area (Å²) in [5.74, 6) is 3.51. The van der Waals surface area contributed by atoms with Gasteiger partial charge in [-0.05, 0) is 26.7 Å². The molecule has 1 aromatic rings. The molecule has 1 saturated heterocycles. The standard InChI is InChI=1S/C15H23N3S2/c1-9-13(8-16-12-4-5-12)10(2)18-15(17-9)14-11(3)19-6-7-20-14/h11-12,14,16H,4-8H2,1-3H3. The second-order valence-corrected chi connectivity index (χ2v) is 8.49. The fraction of sp³-hybridized carbons (Fsp3) is 0.733. The van der Waals surface area contributed by atoms with Crippen molar-refractivity contribution < 1.29 is 0 Å². The van der Waals surface area contributed by atoms with E-state index in [-0.39, 0.29) is 0 Å². The van der Waals surface area contributed by atoms with Crippen LogP contribution in [0.5, 0.6) is 0 Å². The number of rotatable bonds is 4. The summed E-state index contributed by atoms with van der Waals surface area (Å²) in [6.07, 6.45) is 2.65. The molecule has 2 atom stereocenters. The monoisotopic (exact) mass is 309 g/mol. The molecule has 3 rings (SSSR count). The lowest BCUT2D eigenvalue weighted by molar-refractivity contribution is 0.669. The van der Waals surface area contributed by atoms with Gasteiger partial charge in [0.25, 0.3) is 0 Å². The molecule has 2 unspecified atom stereocenters. The van der Waals surface area contributed by atoms with Gasteiger partial charge in [0.2, 0.25) is 0 Å². The Hall–Kier alpha value is -0.260. The Balaban J connectivity index is 1.78. The number of hydrogen-bond acceptors (Lipinski definition) is 5.